The second-order valence-electron chi connectivity index (χ2n) is 5.84. The molecule has 1 aromatic rings. The third-order valence-electron chi connectivity index (χ3n) is 3.86. The van der Waals surface area contributed by atoms with Crippen LogP contribution in [-0.4, -0.2) is 13.7 Å². The number of rotatable bonds is 6. The highest BCUT2D eigenvalue weighted by Crippen LogP contribution is 2.35. The van der Waals surface area contributed by atoms with Gasteiger partial charge >= 0.3 is 0 Å². The van der Waals surface area contributed by atoms with E-state index in [1.165, 1.54) is 24.0 Å². The van der Waals surface area contributed by atoms with E-state index < -0.39 is 0 Å². The summed E-state index contributed by atoms with van der Waals surface area (Å²) in [4.78, 5) is 0. The molecule has 2 rings (SSSR count). The van der Waals surface area contributed by atoms with Crippen LogP contribution in [0.5, 0.6) is 5.75 Å². The van der Waals surface area contributed by atoms with Crippen LogP contribution in [0.4, 0.5) is 0 Å². The summed E-state index contributed by atoms with van der Waals surface area (Å²) in [5.41, 5.74) is 2.61. The van der Waals surface area contributed by atoms with Crippen molar-refractivity contribution in [1.82, 2.24) is 5.32 Å². The maximum Gasteiger partial charge on any atom is 0.137 e. The minimum atomic E-state index is 0.335. The molecule has 1 N–H and O–H groups in total. The van der Waals surface area contributed by atoms with Gasteiger partial charge in [-0.25, -0.2) is 0 Å². The van der Waals surface area contributed by atoms with Crippen molar-refractivity contribution in [2.45, 2.75) is 45.6 Å². The van der Waals surface area contributed by atoms with Crippen LogP contribution in [0.15, 0.2) is 12.1 Å². The lowest BCUT2D eigenvalue weighted by atomic mass is 9.93. The highest BCUT2D eigenvalue weighted by atomic mass is 35.5. The molecule has 0 bridgehead atoms. The molecule has 106 valence electrons. The summed E-state index contributed by atoms with van der Waals surface area (Å²) in [6.45, 7) is 7.74. The summed E-state index contributed by atoms with van der Waals surface area (Å²) >= 11 is 6.27. The van der Waals surface area contributed by atoms with Crippen LogP contribution < -0.4 is 10.1 Å². The van der Waals surface area contributed by atoms with Crippen LogP contribution in [0.2, 0.25) is 5.02 Å². The van der Waals surface area contributed by atoms with Crippen molar-refractivity contribution in [2.75, 3.05) is 13.7 Å². The van der Waals surface area contributed by atoms with Gasteiger partial charge in [0.2, 0.25) is 0 Å². The van der Waals surface area contributed by atoms with Gasteiger partial charge in [0.1, 0.15) is 5.75 Å². The quantitative estimate of drug-likeness (QED) is 0.827. The Morgan fingerprint density at radius 2 is 1.95 bits per heavy atom. The Kier molecular flexibility index (Phi) is 4.75. The Morgan fingerprint density at radius 3 is 2.47 bits per heavy atom. The average molecular weight is 282 g/mol. The molecule has 1 fully saturated rings. The predicted molar refractivity (Wildman–Crippen MR) is 81.2 cm³/mol. The predicted octanol–water partition coefficient (Wildman–Crippen LogP) is 4.53. The summed E-state index contributed by atoms with van der Waals surface area (Å²) < 4.78 is 5.33. The molecule has 1 aliphatic rings. The van der Waals surface area contributed by atoms with Gasteiger partial charge in [-0.15, -0.1) is 0 Å². The number of methoxy groups -OCH3 is 1. The molecule has 1 atom stereocenters. The van der Waals surface area contributed by atoms with Crippen LogP contribution in [0.25, 0.3) is 0 Å². The standard InChI is InChI=1S/C16H24ClNO/c1-10(2)13-8-16(19-4)15(17)7-14(13)11(3)18-9-12-5-6-12/h7-8,10-12,18H,5-6,9H2,1-4H3. The van der Waals surface area contributed by atoms with E-state index in [1.54, 1.807) is 7.11 Å². The van der Waals surface area contributed by atoms with Crippen molar-refractivity contribution in [2.24, 2.45) is 5.92 Å². The fourth-order valence-corrected chi connectivity index (χ4v) is 2.64. The maximum atomic E-state index is 6.27. The van der Waals surface area contributed by atoms with E-state index in [0.717, 1.165) is 18.2 Å². The molecule has 0 spiro atoms. The SMILES string of the molecule is COc1cc(C(C)C)c(C(C)NCC2CC2)cc1Cl. The Hall–Kier alpha value is -0.730. The van der Waals surface area contributed by atoms with Gasteiger partial charge in [0.05, 0.1) is 12.1 Å². The number of hydrogen-bond donors (Lipinski definition) is 1. The van der Waals surface area contributed by atoms with Gasteiger partial charge in [0.15, 0.2) is 0 Å². The Labute approximate surface area is 121 Å². The Morgan fingerprint density at radius 1 is 1.26 bits per heavy atom. The smallest absolute Gasteiger partial charge is 0.137 e. The van der Waals surface area contributed by atoms with Gasteiger partial charge in [0, 0.05) is 6.04 Å². The van der Waals surface area contributed by atoms with Gasteiger partial charge < -0.3 is 10.1 Å². The van der Waals surface area contributed by atoms with Gasteiger partial charge in [-0.2, -0.15) is 0 Å². The fraction of sp³-hybridized carbons (Fsp3) is 0.625. The zero-order valence-corrected chi connectivity index (χ0v) is 13.1. The van der Waals surface area contributed by atoms with Crippen molar-refractivity contribution >= 4 is 11.6 Å². The lowest BCUT2D eigenvalue weighted by molar-refractivity contribution is 0.413. The van der Waals surface area contributed by atoms with E-state index in [-0.39, 0.29) is 0 Å². The monoisotopic (exact) mass is 281 g/mol. The normalized spacial score (nSPS) is 16.7. The summed E-state index contributed by atoms with van der Waals surface area (Å²) in [6, 6.07) is 4.47. The van der Waals surface area contributed by atoms with Crippen LogP contribution in [0.3, 0.4) is 0 Å². The van der Waals surface area contributed by atoms with Gasteiger partial charge in [-0.1, -0.05) is 25.4 Å². The molecular weight excluding hydrogens is 258 g/mol. The molecule has 1 saturated carbocycles. The molecule has 0 radical (unpaired) electrons. The second kappa shape index (κ2) is 6.15. The lowest BCUT2D eigenvalue weighted by Gasteiger charge is -2.21. The lowest BCUT2D eigenvalue weighted by Crippen LogP contribution is -2.22. The first-order valence-electron chi connectivity index (χ1n) is 7.13. The van der Waals surface area contributed by atoms with Crippen molar-refractivity contribution in [3.05, 3.63) is 28.3 Å². The van der Waals surface area contributed by atoms with E-state index >= 15 is 0 Å². The van der Waals surface area contributed by atoms with E-state index in [1.807, 2.05) is 0 Å². The molecule has 0 heterocycles. The molecule has 0 saturated heterocycles. The summed E-state index contributed by atoms with van der Waals surface area (Å²) in [5, 5.41) is 4.32. The van der Waals surface area contributed by atoms with Crippen LogP contribution in [0, 0.1) is 5.92 Å². The third-order valence-corrected chi connectivity index (χ3v) is 4.15. The van der Waals surface area contributed by atoms with E-state index in [9.17, 15) is 0 Å². The summed E-state index contributed by atoms with van der Waals surface area (Å²) in [5.74, 6) is 2.12. The summed E-state index contributed by atoms with van der Waals surface area (Å²) in [6.07, 6.45) is 2.75. The molecule has 2 nitrogen and oxygen atoms in total. The largest absolute Gasteiger partial charge is 0.495 e. The van der Waals surface area contributed by atoms with Crippen molar-refractivity contribution < 1.29 is 4.74 Å². The van der Waals surface area contributed by atoms with E-state index in [4.69, 9.17) is 16.3 Å². The molecular formula is C16H24ClNO. The highest BCUT2D eigenvalue weighted by Gasteiger charge is 2.23. The molecule has 0 aliphatic heterocycles. The molecule has 1 unspecified atom stereocenters. The maximum absolute atomic E-state index is 6.27. The number of ether oxygens (including phenoxy) is 1. The Bertz CT molecular complexity index is 441. The molecule has 1 aliphatic carbocycles. The van der Waals surface area contributed by atoms with Gasteiger partial charge in [-0.05, 0) is 61.4 Å². The Balaban J connectivity index is 2.22. The topological polar surface area (TPSA) is 21.3 Å². The zero-order chi connectivity index (χ0) is 14.0. The van der Waals surface area contributed by atoms with Gasteiger partial charge in [0.25, 0.3) is 0 Å². The molecule has 0 amide bonds. The second-order valence-corrected chi connectivity index (χ2v) is 6.25. The number of hydrogen-bond acceptors (Lipinski definition) is 2. The van der Waals surface area contributed by atoms with Crippen LogP contribution >= 0.6 is 11.6 Å². The first-order chi connectivity index (χ1) is 9.02. The average Bonchev–Trinajstić information content (AvgIpc) is 3.19. The van der Waals surface area contributed by atoms with Crippen molar-refractivity contribution in [3.8, 4) is 5.75 Å². The van der Waals surface area contributed by atoms with Crippen LogP contribution in [0.1, 0.15) is 56.7 Å². The van der Waals surface area contributed by atoms with Gasteiger partial charge in [-0.3, -0.25) is 0 Å². The number of nitrogens with one attached hydrogen (secondary N) is 1. The van der Waals surface area contributed by atoms with Crippen LogP contribution in [-0.2, 0) is 0 Å². The number of halogens is 1. The van der Waals surface area contributed by atoms with Crippen molar-refractivity contribution in [3.63, 3.8) is 0 Å². The highest BCUT2D eigenvalue weighted by molar-refractivity contribution is 6.32. The number of benzene rings is 1. The first kappa shape index (κ1) is 14.7. The first-order valence-corrected chi connectivity index (χ1v) is 7.51. The van der Waals surface area contributed by atoms with E-state index in [2.05, 4.69) is 38.2 Å². The minimum Gasteiger partial charge on any atom is -0.495 e. The minimum absolute atomic E-state index is 0.335. The fourth-order valence-electron chi connectivity index (χ4n) is 2.39. The molecule has 19 heavy (non-hydrogen) atoms. The van der Waals surface area contributed by atoms with E-state index in [0.29, 0.717) is 17.0 Å². The zero-order valence-electron chi connectivity index (χ0n) is 12.3. The third kappa shape index (κ3) is 3.64. The summed E-state index contributed by atoms with van der Waals surface area (Å²) in [7, 11) is 1.67. The van der Waals surface area contributed by atoms with Crippen molar-refractivity contribution in [1.29, 1.82) is 0 Å². The molecule has 1 aromatic carbocycles. The molecule has 0 aromatic heterocycles. The molecule has 3 heteroatoms.